The Labute approximate surface area is 116 Å². The molecule has 1 aromatic carbocycles. The van der Waals surface area contributed by atoms with Crippen LogP contribution >= 0.6 is 11.6 Å². The van der Waals surface area contributed by atoms with Crippen LogP contribution in [0.2, 0.25) is 5.02 Å². The molecule has 0 aliphatic heterocycles. The summed E-state index contributed by atoms with van der Waals surface area (Å²) in [6, 6.07) is 9.07. The normalized spacial score (nSPS) is 11.5. The third-order valence-corrected chi connectivity index (χ3v) is 4.61. The molecule has 4 nitrogen and oxygen atoms in total. The van der Waals surface area contributed by atoms with Crippen molar-refractivity contribution in [1.29, 1.82) is 0 Å². The lowest BCUT2D eigenvalue weighted by atomic mass is 10.3. The molecule has 0 amide bonds. The number of carbonyl (C=O) groups is 1. The molecule has 0 saturated heterocycles. The van der Waals surface area contributed by atoms with Crippen LogP contribution in [0.3, 0.4) is 0 Å². The van der Waals surface area contributed by atoms with Crippen molar-refractivity contribution in [2.45, 2.75) is 4.90 Å². The van der Waals surface area contributed by atoms with Crippen molar-refractivity contribution in [3.8, 4) is 0 Å². The summed E-state index contributed by atoms with van der Waals surface area (Å²) in [6.45, 7) is 0. The Hall–Kier alpha value is -1.59. The number of aryl methyl sites for hydroxylation is 1. The molecule has 19 heavy (non-hydrogen) atoms. The summed E-state index contributed by atoms with van der Waals surface area (Å²) < 4.78 is 25.8. The van der Waals surface area contributed by atoms with Crippen LogP contribution in [-0.2, 0) is 16.9 Å². The predicted molar refractivity (Wildman–Crippen MR) is 73.2 cm³/mol. The molecule has 6 heteroatoms. The van der Waals surface area contributed by atoms with E-state index in [0.29, 0.717) is 10.7 Å². The van der Waals surface area contributed by atoms with E-state index in [1.165, 1.54) is 24.3 Å². The van der Waals surface area contributed by atoms with Crippen LogP contribution in [0.25, 0.3) is 0 Å². The summed E-state index contributed by atoms with van der Waals surface area (Å²) in [5, 5.41) is 0.452. The number of nitrogens with zero attached hydrogens (tertiary/aromatic N) is 1. The first-order valence-electron chi connectivity index (χ1n) is 5.53. The van der Waals surface area contributed by atoms with Gasteiger partial charge in [-0.1, -0.05) is 11.6 Å². The number of Topliss-reactive ketones (excluding diaryl/α,β-unsaturated/α-hetero) is 1. The number of halogens is 1. The number of rotatable bonds is 4. The fraction of sp³-hybridized carbons (Fsp3) is 0.154. The molecule has 0 aliphatic rings. The molecule has 0 unspecified atom stereocenters. The Bertz CT molecular complexity index is 702. The van der Waals surface area contributed by atoms with Crippen LogP contribution in [0.15, 0.2) is 47.5 Å². The van der Waals surface area contributed by atoms with E-state index >= 15 is 0 Å². The number of ketones is 1. The Morgan fingerprint density at radius 2 is 1.84 bits per heavy atom. The maximum absolute atomic E-state index is 12.1. The molecule has 2 aromatic rings. The molecule has 0 bridgehead atoms. The second kappa shape index (κ2) is 5.19. The Morgan fingerprint density at radius 1 is 1.21 bits per heavy atom. The highest BCUT2D eigenvalue weighted by Gasteiger charge is 2.21. The van der Waals surface area contributed by atoms with Crippen molar-refractivity contribution in [1.82, 2.24) is 4.57 Å². The van der Waals surface area contributed by atoms with Crippen LogP contribution in [0.4, 0.5) is 0 Å². The fourth-order valence-corrected chi connectivity index (χ4v) is 3.06. The van der Waals surface area contributed by atoms with Gasteiger partial charge in [-0.05, 0) is 36.4 Å². The molecule has 0 N–H and O–H groups in total. The zero-order chi connectivity index (χ0) is 14.0. The van der Waals surface area contributed by atoms with E-state index in [0.717, 1.165) is 0 Å². The van der Waals surface area contributed by atoms with Gasteiger partial charge in [-0.15, -0.1) is 0 Å². The van der Waals surface area contributed by atoms with E-state index in [9.17, 15) is 13.2 Å². The van der Waals surface area contributed by atoms with Crippen molar-refractivity contribution in [2.24, 2.45) is 7.05 Å². The minimum Gasteiger partial charge on any atom is -0.348 e. The van der Waals surface area contributed by atoms with Crippen molar-refractivity contribution in [3.05, 3.63) is 53.3 Å². The predicted octanol–water partition coefficient (Wildman–Crippen LogP) is 2.34. The molecule has 0 saturated carbocycles. The number of hydrogen-bond donors (Lipinski definition) is 0. The second-order valence-corrected chi connectivity index (χ2v) is 6.57. The number of hydrogen-bond acceptors (Lipinski definition) is 3. The standard InChI is InChI=1S/C13H12ClNO3S/c1-15-8-2-3-12(15)13(16)9-19(17,18)11-6-4-10(14)5-7-11/h2-8H,9H2,1H3. The van der Waals surface area contributed by atoms with E-state index in [2.05, 4.69) is 0 Å². The Morgan fingerprint density at radius 3 is 2.37 bits per heavy atom. The summed E-state index contributed by atoms with van der Waals surface area (Å²) in [7, 11) is -1.94. The van der Waals surface area contributed by atoms with Crippen LogP contribution < -0.4 is 0 Å². The lowest BCUT2D eigenvalue weighted by molar-refractivity contribution is 0.101. The zero-order valence-electron chi connectivity index (χ0n) is 10.2. The first-order valence-corrected chi connectivity index (χ1v) is 7.56. The van der Waals surface area contributed by atoms with E-state index in [4.69, 9.17) is 11.6 Å². The van der Waals surface area contributed by atoms with Crippen LogP contribution in [0.1, 0.15) is 10.5 Å². The van der Waals surface area contributed by atoms with Crippen LogP contribution in [0.5, 0.6) is 0 Å². The molecule has 100 valence electrons. The lowest BCUT2D eigenvalue weighted by Gasteiger charge is -2.05. The van der Waals surface area contributed by atoms with Crippen molar-refractivity contribution < 1.29 is 13.2 Å². The van der Waals surface area contributed by atoms with Gasteiger partial charge in [-0.2, -0.15) is 0 Å². The molecule has 0 aliphatic carbocycles. The second-order valence-electron chi connectivity index (χ2n) is 4.14. The van der Waals surface area contributed by atoms with Gasteiger partial charge in [0.1, 0.15) is 5.75 Å². The highest BCUT2D eigenvalue weighted by molar-refractivity contribution is 7.92. The van der Waals surface area contributed by atoms with E-state index in [1.807, 2.05) is 0 Å². The lowest BCUT2D eigenvalue weighted by Crippen LogP contribution is -2.18. The van der Waals surface area contributed by atoms with Crippen molar-refractivity contribution >= 4 is 27.2 Å². The average Bonchev–Trinajstić information content (AvgIpc) is 2.75. The van der Waals surface area contributed by atoms with Gasteiger partial charge in [0.15, 0.2) is 15.6 Å². The molecule has 0 radical (unpaired) electrons. The first kappa shape index (κ1) is 13.8. The molecular formula is C13H12ClNO3S. The third-order valence-electron chi connectivity index (χ3n) is 2.72. The zero-order valence-corrected chi connectivity index (χ0v) is 11.8. The molecule has 0 atom stereocenters. The van der Waals surface area contributed by atoms with Gasteiger partial charge in [0, 0.05) is 18.3 Å². The first-order chi connectivity index (χ1) is 8.90. The van der Waals surface area contributed by atoms with E-state index in [1.54, 1.807) is 29.9 Å². The molecule has 0 spiro atoms. The SMILES string of the molecule is Cn1cccc1C(=O)CS(=O)(=O)c1ccc(Cl)cc1. The molecular weight excluding hydrogens is 286 g/mol. The van der Waals surface area contributed by atoms with E-state index < -0.39 is 21.4 Å². The quantitative estimate of drug-likeness (QED) is 0.814. The van der Waals surface area contributed by atoms with Gasteiger partial charge in [0.05, 0.1) is 10.6 Å². The monoisotopic (exact) mass is 297 g/mol. The van der Waals surface area contributed by atoms with E-state index in [-0.39, 0.29) is 4.90 Å². The average molecular weight is 298 g/mol. The van der Waals surface area contributed by atoms with Crippen molar-refractivity contribution in [3.63, 3.8) is 0 Å². The molecule has 0 fully saturated rings. The molecule has 1 heterocycles. The van der Waals surface area contributed by atoms with Gasteiger partial charge >= 0.3 is 0 Å². The summed E-state index contributed by atoms with van der Waals surface area (Å²) in [4.78, 5) is 12.1. The van der Waals surface area contributed by atoms with Gasteiger partial charge in [0.25, 0.3) is 0 Å². The number of carbonyl (C=O) groups excluding carboxylic acids is 1. The smallest absolute Gasteiger partial charge is 0.194 e. The summed E-state index contributed by atoms with van der Waals surface area (Å²) in [6.07, 6.45) is 1.70. The highest BCUT2D eigenvalue weighted by Crippen LogP contribution is 2.16. The maximum atomic E-state index is 12.1. The largest absolute Gasteiger partial charge is 0.348 e. The van der Waals surface area contributed by atoms with Gasteiger partial charge in [-0.25, -0.2) is 8.42 Å². The van der Waals surface area contributed by atoms with Crippen LogP contribution in [0, 0.1) is 0 Å². The minimum absolute atomic E-state index is 0.0967. The van der Waals surface area contributed by atoms with Crippen LogP contribution in [-0.4, -0.2) is 24.5 Å². The minimum atomic E-state index is -3.64. The van der Waals surface area contributed by atoms with Gasteiger partial charge < -0.3 is 4.57 Å². The summed E-state index contributed by atoms with van der Waals surface area (Å²) >= 11 is 5.70. The Balaban J connectivity index is 2.25. The summed E-state index contributed by atoms with van der Waals surface area (Å²) in [5.41, 5.74) is 0.373. The number of benzene rings is 1. The fourth-order valence-electron chi connectivity index (χ4n) is 1.72. The maximum Gasteiger partial charge on any atom is 0.194 e. The Kier molecular flexibility index (Phi) is 3.78. The van der Waals surface area contributed by atoms with Crippen molar-refractivity contribution in [2.75, 3.05) is 5.75 Å². The topological polar surface area (TPSA) is 56.1 Å². The van der Waals surface area contributed by atoms with Gasteiger partial charge in [0.2, 0.25) is 0 Å². The third kappa shape index (κ3) is 3.05. The molecule has 2 rings (SSSR count). The molecule has 1 aromatic heterocycles. The number of sulfone groups is 1. The van der Waals surface area contributed by atoms with Gasteiger partial charge in [-0.3, -0.25) is 4.79 Å². The highest BCUT2D eigenvalue weighted by atomic mass is 35.5. The summed E-state index contributed by atoms with van der Waals surface area (Å²) in [5.74, 6) is -0.977. The number of aromatic nitrogens is 1.